The van der Waals surface area contributed by atoms with Crippen molar-refractivity contribution >= 4 is 11.6 Å². The first kappa shape index (κ1) is 14.4. The highest BCUT2D eigenvalue weighted by Crippen LogP contribution is 2.40. The molecule has 0 saturated carbocycles. The Hall–Kier alpha value is -2.49. The van der Waals surface area contributed by atoms with Crippen LogP contribution in [0.25, 0.3) is 0 Å². The van der Waals surface area contributed by atoms with Gasteiger partial charge in [-0.05, 0) is 38.5 Å². The number of benzene rings is 2. The van der Waals surface area contributed by atoms with Crippen LogP contribution in [0, 0.1) is 6.92 Å². The highest BCUT2D eigenvalue weighted by Gasteiger charge is 2.40. The van der Waals surface area contributed by atoms with Gasteiger partial charge in [0.25, 0.3) is 5.91 Å². The standard InChI is InChI=1S/C18H19NO3/c1-12-4-6-13(7-5-12)11-19-15-10-14(20)8-9-16(15)22-18(2,3)17(19)21/h4-10,20H,11H2,1-3H3. The predicted molar refractivity (Wildman–Crippen MR) is 85.2 cm³/mol. The van der Waals surface area contributed by atoms with E-state index in [2.05, 4.69) is 0 Å². The maximum atomic E-state index is 12.7. The third-order valence-corrected chi connectivity index (χ3v) is 3.82. The van der Waals surface area contributed by atoms with Crippen LogP contribution in [-0.4, -0.2) is 16.6 Å². The third kappa shape index (κ3) is 2.52. The zero-order valence-electron chi connectivity index (χ0n) is 13.0. The Balaban J connectivity index is 2.02. The second kappa shape index (κ2) is 5.05. The van der Waals surface area contributed by atoms with E-state index in [1.807, 2.05) is 31.2 Å². The number of rotatable bonds is 2. The maximum Gasteiger partial charge on any atom is 0.271 e. The van der Waals surface area contributed by atoms with Crippen LogP contribution in [0.3, 0.4) is 0 Å². The van der Waals surface area contributed by atoms with Crippen LogP contribution in [0.15, 0.2) is 42.5 Å². The van der Waals surface area contributed by atoms with Crippen LogP contribution in [0.4, 0.5) is 5.69 Å². The van der Waals surface area contributed by atoms with Crippen molar-refractivity contribution in [2.24, 2.45) is 0 Å². The molecule has 0 aliphatic carbocycles. The summed E-state index contributed by atoms with van der Waals surface area (Å²) in [5, 5.41) is 9.73. The molecule has 22 heavy (non-hydrogen) atoms. The molecule has 0 aromatic heterocycles. The van der Waals surface area contributed by atoms with Crippen molar-refractivity contribution in [3.05, 3.63) is 53.6 Å². The highest BCUT2D eigenvalue weighted by atomic mass is 16.5. The Bertz CT molecular complexity index is 720. The van der Waals surface area contributed by atoms with Gasteiger partial charge in [-0.15, -0.1) is 0 Å². The molecular formula is C18H19NO3. The highest BCUT2D eigenvalue weighted by molar-refractivity contribution is 6.02. The lowest BCUT2D eigenvalue weighted by molar-refractivity contribution is -0.132. The largest absolute Gasteiger partial charge is 0.508 e. The van der Waals surface area contributed by atoms with Gasteiger partial charge in [-0.25, -0.2) is 0 Å². The molecule has 0 saturated heterocycles. The molecule has 0 atom stereocenters. The van der Waals surface area contributed by atoms with E-state index >= 15 is 0 Å². The number of phenols is 1. The summed E-state index contributed by atoms with van der Waals surface area (Å²) in [5.41, 5.74) is 1.89. The van der Waals surface area contributed by atoms with Crippen molar-refractivity contribution in [1.82, 2.24) is 0 Å². The molecule has 1 amide bonds. The molecule has 1 heterocycles. The van der Waals surface area contributed by atoms with Gasteiger partial charge in [-0.1, -0.05) is 29.8 Å². The topological polar surface area (TPSA) is 49.8 Å². The molecular weight excluding hydrogens is 278 g/mol. The Morgan fingerprint density at radius 2 is 1.82 bits per heavy atom. The van der Waals surface area contributed by atoms with Crippen molar-refractivity contribution in [3.63, 3.8) is 0 Å². The van der Waals surface area contributed by atoms with Gasteiger partial charge >= 0.3 is 0 Å². The van der Waals surface area contributed by atoms with E-state index in [4.69, 9.17) is 4.74 Å². The first-order valence-electron chi connectivity index (χ1n) is 7.26. The van der Waals surface area contributed by atoms with Gasteiger partial charge in [-0.3, -0.25) is 4.79 Å². The van der Waals surface area contributed by atoms with Crippen molar-refractivity contribution < 1.29 is 14.6 Å². The summed E-state index contributed by atoms with van der Waals surface area (Å²) in [6, 6.07) is 12.9. The molecule has 4 nitrogen and oxygen atoms in total. The van der Waals surface area contributed by atoms with Crippen LogP contribution >= 0.6 is 0 Å². The number of carbonyl (C=O) groups is 1. The average Bonchev–Trinajstić information content (AvgIpc) is 2.47. The molecule has 1 aliphatic rings. The molecule has 1 N–H and O–H groups in total. The Morgan fingerprint density at radius 1 is 1.14 bits per heavy atom. The molecule has 0 unspecified atom stereocenters. The van der Waals surface area contributed by atoms with Gasteiger partial charge in [0.15, 0.2) is 5.60 Å². The minimum atomic E-state index is -0.922. The van der Waals surface area contributed by atoms with Crippen LogP contribution in [0.1, 0.15) is 25.0 Å². The fourth-order valence-electron chi connectivity index (χ4n) is 2.59. The molecule has 3 rings (SSSR count). The van der Waals surface area contributed by atoms with Gasteiger partial charge in [0.05, 0.1) is 12.2 Å². The van der Waals surface area contributed by atoms with Crippen molar-refractivity contribution in [3.8, 4) is 11.5 Å². The number of aromatic hydroxyl groups is 1. The number of aryl methyl sites for hydroxylation is 1. The number of anilines is 1. The number of hydrogen-bond acceptors (Lipinski definition) is 3. The Labute approximate surface area is 130 Å². The zero-order valence-corrected chi connectivity index (χ0v) is 13.0. The summed E-state index contributed by atoms with van der Waals surface area (Å²) in [5.74, 6) is 0.601. The zero-order chi connectivity index (χ0) is 15.9. The summed E-state index contributed by atoms with van der Waals surface area (Å²) in [6.45, 7) is 5.99. The Kier molecular flexibility index (Phi) is 3.32. The fourth-order valence-corrected chi connectivity index (χ4v) is 2.59. The SMILES string of the molecule is Cc1ccc(CN2C(=O)C(C)(C)Oc3ccc(O)cc32)cc1. The van der Waals surface area contributed by atoms with E-state index in [1.165, 1.54) is 5.56 Å². The average molecular weight is 297 g/mol. The molecule has 0 fully saturated rings. The van der Waals surface area contributed by atoms with E-state index in [0.29, 0.717) is 18.0 Å². The van der Waals surface area contributed by atoms with Gasteiger partial charge in [0.2, 0.25) is 0 Å². The van der Waals surface area contributed by atoms with Crippen molar-refractivity contribution in [2.45, 2.75) is 32.9 Å². The molecule has 0 radical (unpaired) electrons. The molecule has 2 aromatic rings. The number of nitrogens with zero attached hydrogens (tertiary/aromatic N) is 1. The van der Waals surface area contributed by atoms with E-state index in [0.717, 1.165) is 5.56 Å². The number of amides is 1. The fraction of sp³-hybridized carbons (Fsp3) is 0.278. The van der Waals surface area contributed by atoms with E-state index < -0.39 is 5.60 Å². The number of phenolic OH excluding ortho intramolecular Hbond substituents is 1. The molecule has 1 aliphatic heterocycles. The smallest absolute Gasteiger partial charge is 0.271 e. The minimum Gasteiger partial charge on any atom is -0.508 e. The number of ether oxygens (including phenoxy) is 1. The normalized spacial score (nSPS) is 16.1. The first-order chi connectivity index (χ1) is 10.4. The second-order valence-corrected chi connectivity index (χ2v) is 6.14. The van der Waals surface area contributed by atoms with E-state index in [-0.39, 0.29) is 11.7 Å². The van der Waals surface area contributed by atoms with Crippen molar-refractivity contribution in [1.29, 1.82) is 0 Å². The summed E-state index contributed by atoms with van der Waals surface area (Å²) in [7, 11) is 0. The lowest BCUT2D eigenvalue weighted by Gasteiger charge is -2.38. The number of hydrogen-bond donors (Lipinski definition) is 1. The Morgan fingerprint density at radius 3 is 2.50 bits per heavy atom. The first-order valence-corrected chi connectivity index (χ1v) is 7.26. The molecule has 4 heteroatoms. The van der Waals surface area contributed by atoms with Crippen LogP contribution in [0.5, 0.6) is 11.5 Å². The van der Waals surface area contributed by atoms with Gasteiger partial charge in [0, 0.05) is 6.07 Å². The molecule has 0 bridgehead atoms. The van der Waals surface area contributed by atoms with Crippen LogP contribution in [0.2, 0.25) is 0 Å². The molecule has 0 spiro atoms. The molecule has 2 aromatic carbocycles. The van der Waals surface area contributed by atoms with Gasteiger partial charge < -0.3 is 14.7 Å². The van der Waals surface area contributed by atoms with Crippen LogP contribution in [-0.2, 0) is 11.3 Å². The monoisotopic (exact) mass is 297 g/mol. The minimum absolute atomic E-state index is 0.115. The van der Waals surface area contributed by atoms with Crippen LogP contribution < -0.4 is 9.64 Å². The number of fused-ring (bicyclic) bond motifs is 1. The summed E-state index contributed by atoms with van der Waals surface area (Å²) in [4.78, 5) is 14.4. The van der Waals surface area contributed by atoms with E-state index in [1.54, 1.807) is 36.9 Å². The summed E-state index contributed by atoms with van der Waals surface area (Å²) in [6.07, 6.45) is 0. The lowest BCUT2D eigenvalue weighted by atomic mass is 10.0. The number of carbonyl (C=O) groups excluding carboxylic acids is 1. The quantitative estimate of drug-likeness (QED) is 0.924. The summed E-state index contributed by atoms with van der Waals surface area (Å²) >= 11 is 0. The third-order valence-electron chi connectivity index (χ3n) is 3.82. The van der Waals surface area contributed by atoms with Crippen molar-refractivity contribution in [2.75, 3.05) is 4.90 Å². The maximum absolute atomic E-state index is 12.7. The lowest BCUT2D eigenvalue weighted by Crippen LogP contribution is -2.52. The van der Waals surface area contributed by atoms with Gasteiger partial charge in [0.1, 0.15) is 11.5 Å². The summed E-state index contributed by atoms with van der Waals surface area (Å²) < 4.78 is 5.77. The van der Waals surface area contributed by atoms with E-state index in [9.17, 15) is 9.90 Å². The van der Waals surface area contributed by atoms with Gasteiger partial charge in [-0.2, -0.15) is 0 Å². The second-order valence-electron chi connectivity index (χ2n) is 6.14. The predicted octanol–water partition coefficient (Wildman–Crippen LogP) is 3.40. The molecule has 114 valence electrons.